The molecule has 0 aliphatic rings. The first-order chi connectivity index (χ1) is 9.61. The molecule has 0 aliphatic carbocycles. The van der Waals surface area contributed by atoms with Gasteiger partial charge in [-0.05, 0) is 24.3 Å². The summed E-state index contributed by atoms with van der Waals surface area (Å²) >= 11 is 12.5. The topological polar surface area (TPSA) is 83.5 Å². The lowest BCUT2D eigenvalue weighted by molar-refractivity contribution is -0.138. The third kappa shape index (κ3) is 6.12. The molecule has 1 unspecified atom stereocenters. The van der Waals surface area contributed by atoms with Gasteiger partial charge in [-0.2, -0.15) is 0 Å². The largest absolute Gasteiger partial charge is 0.481 e. The number of hydrogen-bond donors (Lipinski definition) is 2. The van der Waals surface area contributed by atoms with E-state index < -0.39 is 16.0 Å². The van der Waals surface area contributed by atoms with Gasteiger partial charge in [0.1, 0.15) is 9.23 Å². The van der Waals surface area contributed by atoms with Gasteiger partial charge < -0.3 is 5.11 Å². The molecule has 0 aliphatic heterocycles. The summed E-state index contributed by atoms with van der Waals surface area (Å²) < 4.78 is 27.1. The Morgan fingerprint density at radius 2 is 2.05 bits per heavy atom. The fourth-order valence-corrected chi connectivity index (χ4v) is 5.23. The normalized spacial score (nSPS) is 13.6. The molecule has 21 heavy (non-hydrogen) atoms. The van der Waals surface area contributed by atoms with E-state index in [1.54, 1.807) is 0 Å². The molecule has 0 amide bonds. The Morgan fingerprint density at radius 3 is 2.48 bits per heavy atom. The second-order valence-corrected chi connectivity index (χ2v) is 9.15. The Hall–Kier alpha value is -0.340. The van der Waals surface area contributed by atoms with Crippen LogP contribution < -0.4 is 4.72 Å². The number of halogens is 2. The molecule has 0 radical (unpaired) electrons. The van der Waals surface area contributed by atoms with E-state index in [-0.39, 0.29) is 38.4 Å². The van der Waals surface area contributed by atoms with Crippen molar-refractivity contribution in [3.8, 4) is 0 Å². The van der Waals surface area contributed by atoms with Crippen molar-refractivity contribution in [3.05, 3.63) is 14.7 Å². The number of thiophene rings is 1. The zero-order valence-corrected chi connectivity index (χ0v) is 14.7. The molecular formula is C12H17Cl2NO4S2. The third-order valence-electron chi connectivity index (χ3n) is 2.74. The van der Waals surface area contributed by atoms with Crippen LogP contribution >= 0.6 is 34.5 Å². The molecule has 5 nitrogen and oxygen atoms in total. The van der Waals surface area contributed by atoms with Gasteiger partial charge in [-0.1, -0.05) is 37.0 Å². The van der Waals surface area contributed by atoms with Crippen molar-refractivity contribution in [2.45, 2.75) is 31.6 Å². The van der Waals surface area contributed by atoms with Crippen LogP contribution in [0, 0.1) is 11.8 Å². The molecular weight excluding hydrogens is 357 g/mol. The molecule has 1 aromatic rings. The van der Waals surface area contributed by atoms with Crippen molar-refractivity contribution >= 4 is 50.5 Å². The Morgan fingerprint density at radius 1 is 1.43 bits per heavy atom. The van der Waals surface area contributed by atoms with Crippen LogP contribution in [0.2, 0.25) is 8.67 Å². The predicted octanol–water partition coefficient (Wildman–Crippen LogP) is 3.47. The first-order valence-electron chi connectivity index (χ1n) is 6.28. The average Bonchev–Trinajstić information content (AvgIpc) is 2.65. The van der Waals surface area contributed by atoms with Gasteiger partial charge in [-0.25, -0.2) is 13.1 Å². The van der Waals surface area contributed by atoms with Crippen LogP contribution in [-0.2, 0) is 14.8 Å². The lowest BCUT2D eigenvalue weighted by atomic mass is 9.94. The van der Waals surface area contributed by atoms with Crippen molar-refractivity contribution in [1.29, 1.82) is 0 Å². The van der Waals surface area contributed by atoms with Crippen molar-refractivity contribution in [2.24, 2.45) is 11.8 Å². The van der Waals surface area contributed by atoms with E-state index in [2.05, 4.69) is 4.72 Å². The predicted molar refractivity (Wildman–Crippen MR) is 84.7 cm³/mol. The number of carboxylic acid groups (broad SMARTS) is 1. The summed E-state index contributed by atoms with van der Waals surface area (Å²) in [7, 11) is -3.79. The van der Waals surface area contributed by atoms with Gasteiger partial charge in [-0.15, -0.1) is 11.3 Å². The van der Waals surface area contributed by atoms with Crippen LogP contribution in [0.15, 0.2) is 11.0 Å². The van der Waals surface area contributed by atoms with Gasteiger partial charge in [0.05, 0.1) is 4.34 Å². The lowest BCUT2D eigenvalue weighted by Crippen LogP contribution is -2.31. The molecule has 1 aromatic heterocycles. The average molecular weight is 374 g/mol. The van der Waals surface area contributed by atoms with Crippen molar-refractivity contribution < 1.29 is 18.3 Å². The molecule has 1 heterocycles. The number of aliphatic carboxylic acids is 1. The Kier molecular flexibility index (Phi) is 6.93. The molecule has 0 bridgehead atoms. The summed E-state index contributed by atoms with van der Waals surface area (Å²) in [6, 6.07) is 1.28. The number of sulfonamides is 1. The molecule has 1 rings (SSSR count). The van der Waals surface area contributed by atoms with E-state index in [1.807, 2.05) is 13.8 Å². The summed E-state index contributed by atoms with van der Waals surface area (Å²) in [6.07, 6.45) is 0.534. The highest BCUT2D eigenvalue weighted by Crippen LogP contribution is 2.34. The molecule has 1 atom stereocenters. The van der Waals surface area contributed by atoms with Gasteiger partial charge in [0.2, 0.25) is 10.0 Å². The smallest absolute Gasteiger partial charge is 0.303 e. The maximum atomic E-state index is 12.1. The highest BCUT2D eigenvalue weighted by molar-refractivity contribution is 7.89. The lowest BCUT2D eigenvalue weighted by Gasteiger charge is -2.17. The SMILES string of the molecule is CC(C)CC(CNS(=O)(=O)c1cc(Cl)sc1Cl)CC(=O)O. The van der Waals surface area contributed by atoms with Crippen LogP contribution in [0.25, 0.3) is 0 Å². The number of nitrogens with one attached hydrogen (secondary N) is 1. The fourth-order valence-electron chi connectivity index (χ4n) is 1.97. The van der Waals surface area contributed by atoms with Gasteiger partial charge in [0.15, 0.2) is 0 Å². The van der Waals surface area contributed by atoms with E-state index in [4.69, 9.17) is 28.3 Å². The molecule has 9 heteroatoms. The minimum Gasteiger partial charge on any atom is -0.481 e. The Balaban J connectivity index is 2.78. The Bertz CT molecular complexity index is 598. The fraction of sp³-hybridized carbons (Fsp3) is 0.583. The molecule has 0 aromatic carbocycles. The number of hydrogen-bond acceptors (Lipinski definition) is 4. The van der Waals surface area contributed by atoms with Gasteiger partial charge in [-0.3, -0.25) is 4.79 Å². The van der Waals surface area contributed by atoms with Crippen LogP contribution in [0.3, 0.4) is 0 Å². The number of rotatable bonds is 8. The van der Waals surface area contributed by atoms with E-state index in [1.165, 1.54) is 6.07 Å². The van der Waals surface area contributed by atoms with E-state index in [0.717, 1.165) is 11.3 Å². The summed E-state index contributed by atoms with van der Waals surface area (Å²) in [5.41, 5.74) is 0. The van der Waals surface area contributed by atoms with Gasteiger partial charge in [0.25, 0.3) is 0 Å². The minimum atomic E-state index is -3.79. The van der Waals surface area contributed by atoms with Crippen molar-refractivity contribution in [3.63, 3.8) is 0 Å². The second-order valence-electron chi connectivity index (χ2n) is 5.13. The summed E-state index contributed by atoms with van der Waals surface area (Å²) in [4.78, 5) is 10.8. The van der Waals surface area contributed by atoms with Crippen LogP contribution in [0.4, 0.5) is 0 Å². The highest BCUT2D eigenvalue weighted by atomic mass is 35.5. The number of carbonyl (C=O) groups is 1. The highest BCUT2D eigenvalue weighted by Gasteiger charge is 2.23. The molecule has 0 saturated heterocycles. The summed E-state index contributed by atoms with van der Waals surface area (Å²) in [5, 5.41) is 8.88. The van der Waals surface area contributed by atoms with Crippen molar-refractivity contribution in [2.75, 3.05) is 6.54 Å². The molecule has 0 saturated carbocycles. The molecule has 0 spiro atoms. The number of carboxylic acids is 1. The van der Waals surface area contributed by atoms with E-state index >= 15 is 0 Å². The van der Waals surface area contributed by atoms with Crippen molar-refractivity contribution in [1.82, 2.24) is 4.72 Å². The van der Waals surface area contributed by atoms with Gasteiger partial charge >= 0.3 is 5.97 Å². The first kappa shape index (κ1) is 18.7. The zero-order valence-electron chi connectivity index (χ0n) is 11.6. The minimum absolute atomic E-state index is 0.0522. The Labute approximate surface area is 138 Å². The molecule has 120 valence electrons. The quantitative estimate of drug-likeness (QED) is 0.730. The monoisotopic (exact) mass is 373 g/mol. The third-order valence-corrected chi connectivity index (χ3v) is 5.92. The standard InChI is InChI=1S/C12H17Cl2NO4S2/c1-7(2)3-8(4-11(16)17)6-15-21(18,19)9-5-10(13)20-12(9)14/h5,7-8,15H,3-4,6H2,1-2H3,(H,16,17). The van der Waals surface area contributed by atoms with Crippen LogP contribution in [0.5, 0.6) is 0 Å². The maximum Gasteiger partial charge on any atom is 0.303 e. The van der Waals surface area contributed by atoms with Gasteiger partial charge in [0, 0.05) is 13.0 Å². The molecule has 0 fully saturated rings. The molecule has 2 N–H and O–H groups in total. The summed E-state index contributed by atoms with van der Waals surface area (Å²) in [6.45, 7) is 3.97. The van der Waals surface area contributed by atoms with Crippen LogP contribution in [0.1, 0.15) is 26.7 Å². The van der Waals surface area contributed by atoms with E-state index in [0.29, 0.717) is 6.42 Å². The van der Waals surface area contributed by atoms with Crippen LogP contribution in [-0.4, -0.2) is 26.0 Å². The second kappa shape index (κ2) is 7.78. The summed E-state index contributed by atoms with van der Waals surface area (Å²) in [5.74, 6) is -0.945. The van der Waals surface area contributed by atoms with E-state index in [9.17, 15) is 13.2 Å². The maximum absolute atomic E-state index is 12.1. The zero-order chi connectivity index (χ0) is 16.2. The first-order valence-corrected chi connectivity index (χ1v) is 9.33.